The molecule has 1 aromatic heterocycles. The lowest BCUT2D eigenvalue weighted by Crippen LogP contribution is -2.37. The van der Waals surface area contributed by atoms with E-state index in [9.17, 15) is 4.79 Å². The summed E-state index contributed by atoms with van der Waals surface area (Å²) in [6.07, 6.45) is 7.57. The van der Waals surface area contributed by atoms with Gasteiger partial charge in [-0.15, -0.1) is 12.4 Å². The van der Waals surface area contributed by atoms with Crippen LogP contribution < -0.4 is 5.73 Å². The summed E-state index contributed by atoms with van der Waals surface area (Å²) in [5, 5.41) is 0. The predicted octanol–water partition coefficient (Wildman–Crippen LogP) is 2.80. The van der Waals surface area contributed by atoms with Gasteiger partial charge in [-0.25, -0.2) is 0 Å². The molecule has 1 fully saturated rings. The number of nitrogens with zero attached hydrogens (tertiary/aromatic N) is 2. The number of carbonyl (C=O) groups excluding carboxylic acids is 1. The van der Waals surface area contributed by atoms with Gasteiger partial charge in [0.1, 0.15) is 0 Å². The van der Waals surface area contributed by atoms with Gasteiger partial charge in [0.25, 0.3) is 0 Å². The summed E-state index contributed by atoms with van der Waals surface area (Å²) < 4.78 is 0. The molecule has 5 heteroatoms. The van der Waals surface area contributed by atoms with Crippen LogP contribution in [0.3, 0.4) is 0 Å². The van der Waals surface area contributed by atoms with Gasteiger partial charge in [0.2, 0.25) is 5.91 Å². The number of rotatable bonds is 7. The molecule has 2 N–H and O–H groups in total. The van der Waals surface area contributed by atoms with Gasteiger partial charge in [-0.3, -0.25) is 9.78 Å². The second kappa shape index (κ2) is 9.80. The summed E-state index contributed by atoms with van der Waals surface area (Å²) in [7, 11) is 0. The van der Waals surface area contributed by atoms with Crippen molar-refractivity contribution in [2.24, 2.45) is 11.7 Å². The normalized spacial score (nSPS) is 20.5. The minimum absolute atomic E-state index is 0. The first-order valence-corrected chi connectivity index (χ1v) is 8.14. The van der Waals surface area contributed by atoms with Crippen molar-refractivity contribution in [1.29, 1.82) is 0 Å². The van der Waals surface area contributed by atoms with Crippen LogP contribution in [0.25, 0.3) is 0 Å². The average Bonchev–Trinajstić information content (AvgIpc) is 2.89. The first-order valence-electron chi connectivity index (χ1n) is 8.14. The van der Waals surface area contributed by atoms with Gasteiger partial charge in [0, 0.05) is 43.9 Å². The standard InChI is InChI=1S/C17H27N3O.ClH/c1-2-11-20(12-9-15-7-3-4-10-19-15)17(21)13-14-6-5-8-16(14)18;/h3-4,7,10,14,16H,2,5-6,8-9,11-13,18H2,1H3;1H/t14-,16+;/m0./s1. The van der Waals surface area contributed by atoms with Crippen molar-refractivity contribution < 1.29 is 4.79 Å². The van der Waals surface area contributed by atoms with Crippen LogP contribution in [0.4, 0.5) is 0 Å². The van der Waals surface area contributed by atoms with Crippen LogP contribution in [0.5, 0.6) is 0 Å². The van der Waals surface area contributed by atoms with Crippen molar-refractivity contribution in [1.82, 2.24) is 9.88 Å². The summed E-state index contributed by atoms with van der Waals surface area (Å²) in [4.78, 5) is 18.8. The second-order valence-electron chi connectivity index (χ2n) is 6.01. The van der Waals surface area contributed by atoms with Crippen LogP contribution in [0, 0.1) is 5.92 Å². The fraction of sp³-hybridized carbons (Fsp3) is 0.647. The number of hydrogen-bond acceptors (Lipinski definition) is 3. The maximum atomic E-state index is 12.5. The zero-order valence-electron chi connectivity index (χ0n) is 13.4. The number of amides is 1. The molecule has 2 rings (SSSR count). The van der Waals surface area contributed by atoms with E-state index in [4.69, 9.17) is 5.73 Å². The zero-order chi connectivity index (χ0) is 15.1. The molecule has 0 aliphatic heterocycles. The lowest BCUT2D eigenvalue weighted by atomic mass is 9.99. The minimum Gasteiger partial charge on any atom is -0.342 e. The van der Waals surface area contributed by atoms with Crippen LogP contribution >= 0.6 is 12.4 Å². The molecule has 2 atom stereocenters. The molecule has 1 saturated carbocycles. The molecule has 22 heavy (non-hydrogen) atoms. The van der Waals surface area contributed by atoms with Gasteiger partial charge in [0.15, 0.2) is 0 Å². The summed E-state index contributed by atoms with van der Waals surface area (Å²) in [6, 6.07) is 6.14. The topological polar surface area (TPSA) is 59.2 Å². The number of hydrogen-bond donors (Lipinski definition) is 1. The van der Waals surface area contributed by atoms with Crippen molar-refractivity contribution in [2.45, 2.75) is 51.5 Å². The molecule has 0 aromatic carbocycles. The summed E-state index contributed by atoms with van der Waals surface area (Å²) in [6.45, 7) is 3.70. The Balaban J connectivity index is 0.00000242. The van der Waals surface area contributed by atoms with E-state index in [1.54, 1.807) is 6.20 Å². The quantitative estimate of drug-likeness (QED) is 0.838. The number of aromatic nitrogens is 1. The van der Waals surface area contributed by atoms with E-state index in [1.165, 1.54) is 6.42 Å². The van der Waals surface area contributed by atoms with Gasteiger partial charge >= 0.3 is 0 Å². The first kappa shape index (κ1) is 18.9. The molecule has 0 unspecified atom stereocenters. The van der Waals surface area contributed by atoms with Crippen LogP contribution in [0.1, 0.15) is 44.7 Å². The fourth-order valence-corrected chi connectivity index (χ4v) is 3.10. The van der Waals surface area contributed by atoms with E-state index in [2.05, 4.69) is 11.9 Å². The maximum Gasteiger partial charge on any atom is 0.222 e. The van der Waals surface area contributed by atoms with Crippen molar-refractivity contribution in [2.75, 3.05) is 13.1 Å². The van der Waals surface area contributed by atoms with E-state index >= 15 is 0 Å². The van der Waals surface area contributed by atoms with Crippen LogP contribution in [-0.4, -0.2) is 34.9 Å². The van der Waals surface area contributed by atoms with Crippen molar-refractivity contribution >= 4 is 18.3 Å². The Kier molecular flexibility index (Phi) is 8.43. The van der Waals surface area contributed by atoms with E-state index in [-0.39, 0.29) is 24.4 Å². The summed E-state index contributed by atoms with van der Waals surface area (Å²) in [5.41, 5.74) is 7.13. The molecule has 124 valence electrons. The largest absolute Gasteiger partial charge is 0.342 e. The fourth-order valence-electron chi connectivity index (χ4n) is 3.10. The van der Waals surface area contributed by atoms with E-state index in [1.807, 2.05) is 23.1 Å². The smallest absolute Gasteiger partial charge is 0.222 e. The SMILES string of the molecule is CCCN(CCc1ccccn1)C(=O)C[C@@H]1CCC[C@H]1N.Cl. The number of halogens is 1. The predicted molar refractivity (Wildman–Crippen MR) is 92.0 cm³/mol. The van der Waals surface area contributed by atoms with Crippen molar-refractivity contribution in [3.05, 3.63) is 30.1 Å². The van der Waals surface area contributed by atoms with Gasteiger partial charge in [-0.2, -0.15) is 0 Å². The molecule has 1 heterocycles. The monoisotopic (exact) mass is 325 g/mol. The highest BCUT2D eigenvalue weighted by molar-refractivity contribution is 5.85. The third kappa shape index (κ3) is 5.58. The lowest BCUT2D eigenvalue weighted by molar-refractivity contribution is -0.132. The molecule has 1 amide bonds. The molecule has 0 spiro atoms. The van der Waals surface area contributed by atoms with Gasteiger partial charge in [-0.1, -0.05) is 19.4 Å². The van der Waals surface area contributed by atoms with Crippen molar-refractivity contribution in [3.63, 3.8) is 0 Å². The molecule has 0 radical (unpaired) electrons. The van der Waals surface area contributed by atoms with Gasteiger partial charge in [0.05, 0.1) is 0 Å². The first-order chi connectivity index (χ1) is 10.2. The molecule has 1 aromatic rings. The highest BCUT2D eigenvalue weighted by Gasteiger charge is 2.27. The average molecular weight is 326 g/mol. The molecular weight excluding hydrogens is 298 g/mol. The van der Waals surface area contributed by atoms with E-state index in [0.717, 1.165) is 44.5 Å². The Hall–Kier alpha value is -1.13. The third-order valence-electron chi connectivity index (χ3n) is 4.36. The number of nitrogens with two attached hydrogens (primary N) is 1. The number of carbonyl (C=O) groups is 1. The Morgan fingerprint density at radius 1 is 1.36 bits per heavy atom. The zero-order valence-corrected chi connectivity index (χ0v) is 14.2. The Morgan fingerprint density at radius 3 is 2.77 bits per heavy atom. The third-order valence-corrected chi connectivity index (χ3v) is 4.36. The molecule has 1 aliphatic rings. The van der Waals surface area contributed by atoms with Crippen LogP contribution in [0.2, 0.25) is 0 Å². The van der Waals surface area contributed by atoms with Gasteiger partial charge in [-0.05, 0) is 37.3 Å². The molecule has 0 bridgehead atoms. The minimum atomic E-state index is 0. The van der Waals surface area contributed by atoms with E-state index in [0.29, 0.717) is 12.3 Å². The Bertz CT molecular complexity index is 441. The lowest BCUT2D eigenvalue weighted by Gasteiger charge is -2.24. The van der Waals surface area contributed by atoms with Crippen LogP contribution in [0.15, 0.2) is 24.4 Å². The Morgan fingerprint density at radius 2 is 2.18 bits per heavy atom. The summed E-state index contributed by atoms with van der Waals surface area (Å²) in [5.74, 6) is 0.641. The van der Waals surface area contributed by atoms with Crippen molar-refractivity contribution in [3.8, 4) is 0 Å². The highest BCUT2D eigenvalue weighted by Crippen LogP contribution is 2.27. The second-order valence-corrected chi connectivity index (χ2v) is 6.01. The molecule has 0 saturated heterocycles. The van der Waals surface area contributed by atoms with Crippen LogP contribution in [-0.2, 0) is 11.2 Å². The maximum absolute atomic E-state index is 12.5. The van der Waals surface area contributed by atoms with Gasteiger partial charge < -0.3 is 10.6 Å². The Labute approximate surface area is 139 Å². The van der Waals surface area contributed by atoms with E-state index < -0.39 is 0 Å². The highest BCUT2D eigenvalue weighted by atomic mass is 35.5. The number of pyridine rings is 1. The molecule has 4 nitrogen and oxygen atoms in total. The molecule has 1 aliphatic carbocycles. The summed E-state index contributed by atoms with van der Waals surface area (Å²) >= 11 is 0. The molecular formula is C17H28ClN3O.